The van der Waals surface area contributed by atoms with Crippen LogP contribution in [0.3, 0.4) is 0 Å². The molecule has 0 aromatic heterocycles. The molecule has 0 aliphatic heterocycles. The maximum absolute atomic E-state index is 6.07. The van der Waals surface area contributed by atoms with Gasteiger partial charge in [-0.05, 0) is 0 Å². The standard InChI is InChI=1S/C8H19Si2/c1-8(9(2,3)4)10(5,6)7/h1H,2-7H3/q-1. The number of hydrogen-bond acceptors (Lipinski definition) is 0. The van der Waals surface area contributed by atoms with Gasteiger partial charge in [0.05, 0.1) is 0 Å². The minimum atomic E-state index is -1.14. The van der Waals surface area contributed by atoms with E-state index in [1.807, 2.05) is 0 Å². The second kappa shape index (κ2) is 2.66. The van der Waals surface area contributed by atoms with E-state index >= 15 is 0 Å². The number of rotatable bonds is 2. The highest BCUT2D eigenvalue weighted by atomic mass is 28.4. The van der Waals surface area contributed by atoms with Crippen LogP contribution in [0.5, 0.6) is 0 Å². The van der Waals surface area contributed by atoms with E-state index in [1.165, 1.54) is 4.82 Å². The van der Waals surface area contributed by atoms with Crippen LogP contribution in [0, 0.1) is 6.58 Å². The molecule has 0 aliphatic carbocycles. The van der Waals surface area contributed by atoms with E-state index in [0.29, 0.717) is 0 Å². The molecular weight excluding hydrogens is 152 g/mol. The van der Waals surface area contributed by atoms with Crippen LogP contribution < -0.4 is 0 Å². The third-order valence-electron chi connectivity index (χ3n) is 1.62. The summed E-state index contributed by atoms with van der Waals surface area (Å²) in [6.45, 7) is 20.0. The van der Waals surface area contributed by atoms with Gasteiger partial charge < -0.3 is 6.58 Å². The van der Waals surface area contributed by atoms with E-state index in [1.54, 1.807) is 0 Å². The molecule has 0 bridgehead atoms. The first kappa shape index (κ1) is 10.2. The van der Waals surface area contributed by atoms with Crippen molar-refractivity contribution < 1.29 is 0 Å². The van der Waals surface area contributed by atoms with Crippen molar-refractivity contribution in [1.29, 1.82) is 0 Å². The topological polar surface area (TPSA) is 0 Å². The van der Waals surface area contributed by atoms with Crippen molar-refractivity contribution in [2.24, 2.45) is 0 Å². The van der Waals surface area contributed by atoms with Gasteiger partial charge in [-0.25, -0.2) is 0 Å². The second-order valence-electron chi connectivity index (χ2n) is 4.91. The average Bonchev–Trinajstić information content (AvgIpc) is 1.59. The van der Waals surface area contributed by atoms with Crippen molar-refractivity contribution in [2.75, 3.05) is 0 Å². The van der Waals surface area contributed by atoms with Crippen LogP contribution in [-0.2, 0) is 0 Å². The zero-order valence-electron chi connectivity index (χ0n) is 8.08. The summed E-state index contributed by atoms with van der Waals surface area (Å²) < 4.78 is 0. The van der Waals surface area contributed by atoms with Gasteiger partial charge in [-0.3, -0.25) is 4.82 Å². The third-order valence-corrected chi connectivity index (χ3v) is 9.35. The molecule has 2 heteroatoms. The van der Waals surface area contributed by atoms with E-state index in [2.05, 4.69) is 39.3 Å². The lowest BCUT2D eigenvalue weighted by atomic mass is 11.2. The Bertz CT molecular complexity index is 118. The normalized spacial score (nSPS) is 13.4. The summed E-state index contributed by atoms with van der Waals surface area (Å²) in [5.74, 6) is 0. The van der Waals surface area contributed by atoms with Gasteiger partial charge in [0, 0.05) is 16.1 Å². The molecule has 0 saturated carbocycles. The molecule has 0 N–H and O–H groups in total. The Labute approximate surface area is 67.4 Å². The molecular formula is C8H19Si2-. The lowest BCUT2D eigenvalue weighted by Gasteiger charge is -2.37. The van der Waals surface area contributed by atoms with Crippen molar-refractivity contribution in [3.63, 3.8) is 0 Å². The predicted octanol–water partition coefficient (Wildman–Crippen LogP) is 3.10. The first-order valence-electron chi connectivity index (χ1n) is 3.79. The van der Waals surface area contributed by atoms with Gasteiger partial charge in [0.1, 0.15) is 0 Å². The van der Waals surface area contributed by atoms with Gasteiger partial charge >= 0.3 is 0 Å². The predicted molar refractivity (Wildman–Crippen MR) is 54.5 cm³/mol. The SMILES string of the molecule is [CH-]=C([Si](C)(C)C)[Si](C)(C)C. The smallest absolute Gasteiger partial charge is 0.0328 e. The number of hydrogen-bond donors (Lipinski definition) is 0. The fourth-order valence-electron chi connectivity index (χ4n) is 1.12. The Balaban J connectivity index is 4.40. The van der Waals surface area contributed by atoms with Crippen molar-refractivity contribution in [3.8, 4) is 0 Å². The fraction of sp³-hybridized carbons (Fsp3) is 0.750. The minimum absolute atomic E-state index is 1.14. The molecule has 0 unspecified atom stereocenters. The molecule has 0 radical (unpaired) electrons. The maximum atomic E-state index is 6.07. The van der Waals surface area contributed by atoms with E-state index in [0.717, 1.165) is 0 Å². The fourth-order valence-corrected chi connectivity index (χ4v) is 10.1. The van der Waals surface area contributed by atoms with Crippen LogP contribution in [0.1, 0.15) is 0 Å². The summed E-state index contributed by atoms with van der Waals surface area (Å²) >= 11 is 0. The largest absolute Gasteiger partial charge is 0.523 e. The second-order valence-corrected chi connectivity index (χ2v) is 15.5. The molecule has 0 rings (SSSR count). The molecule has 0 amide bonds. The summed E-state index contributed by atoms with van der Waals surface area (Å²) in [6, 6.07) is 0. The summed E-state index contributed by atoms with van der Waals surface area (Å²) in [5, 5.41) is 0. The Hall–Kier alpha value is 0.174. The zero-order chi connectivity index (χ0) is 8.58. The summed E-state index contributed by atoms with van der Waals surface area (Å²) in [7, 11) is -2.28. The third kappa shape index (κ3) is 2.84. The molecule has 10 heavy (non-hydrogen) atoms. The molecule has 0 atom stereocenters. The molecule has 60 valence electrons. The Morgan fingerprint density at radius 2 is 1.00 bits per heavy atom. The van der Waals surface area contributed by atoms with E-state index in [4.69, 9.17) is 6.58 Å². The molecule has 0 saturated heterocycles. The van der Waals surface area contributed by atoms with Gasteiger partial charge in [-0.15, -0.1) is 0 Å². The molecule has 0 aliphatic rings. The van der Waals surface area contributed by atoms with Crippen LogP contribution in [0.2, 0.25) is 39.3 Å². The molecule has 0 aromatic carbocycles. The molecule has 0 spiro atoms. The van der Waals surface area contributed by atoms with Crippen LogP contribution in [0.25, 0.3) is 0 Å². The highest BCUT2D eigenvalue weighted by Crippen LogP contribution is 2.22. The van der Waals surface area contributed by atoms with Crippen LogP contribution in [0.15, 0.2) is 4.82 Å². The zero-order valence-corrected chi connectivity index (χ0v) is 10.1. The van der Waals surface area contributed by atoms with E-state index < -0.39 is 16.1 Å². The highest BCUT2D eigenvalue weighted by Gasteiger charge is 2.22. The Morgan fingerprint density at radius 3 is 1.00 bits per heavy atom. The average molecular weight is 171 g/mol. The minimum Gasteiger partial charge on any atom is -0.523 e. The van der Waals surface area contributed by atoms with Gasteiger partial charge in [-0.1, -0.05) is 39.3 Å². The summed E-state index contributed by atoms with van der Waals surface area (Å²) in [5.41, 5.74) is 0. The van der Waals surface area contributed by atoms with Crippen molar-refractivity contribution in [1.82, 2.24) is 0 Å². The van der Waals surface area contributed by atoms with Crippen LogP contribution in [-0.4, -0.2) is 16.1 Å². The van der Waals surface area contributed by atoms with Gasteiger partial charge in [0.2, 0.25) is 0 Å². The molecule has 0 nitrogen and oxygen atoms in total. The van der Waals surface area contributed by atoms with Crippen LogP contribution in [0.4, 0.5) is 0 Å². The van der Waals surface area contributed by atoms with Crippen LogP contribution >= 0.6 is 0 Å². The highest BCUT2D eigenvalue weighted by molar-refractivity contribution is 7.04. The maximum Gasteiger partial charge on any atom is 0.0328 e. The van der Waals surface area contributed by atoms with E-state index in [-0.39, 0.29) is 0 Å². The molecule has 0 aromatic rings. The van der Waals surface area contributed by atoms with E-state index in [9.17, 15) is 0 Å². The lowest BCUT2D eigenvalue weighted by Crippen LogP contribution is -2.39. The monoisotopic (exact) mass is 171 g/mol. The summed E-state index contributed by atoms with van der Waals surface area (Å²) in [6.07, 6.45) is 0. The lowest BCUT2D eigenvalue weighted by molar-refractivity contribution is 1.64. The van der Waals surface area contributed by atoms with Gasteiger partial charge in [0.25, 0.3) is 0 Å². The van der Waals surface area contributed by atoms with Gasteiger partial charge in [-0.2, -0.15) is 0 Å². The van der Waals surface area contributed by atoms with Crippen molar-refractivity contribution in [2.45, 2.75) is 39.3 Å². The van der Waals surface area contributed by atoms with Crippen molar-refractivity contribution in [3.05, 3.63) is 11.4 Å². The quantitative estimate of drug-likeness (QED) is 0.442. The molecule has 0 heterocycles. The summed E-state index contributed by atoms with van der Waals surface area (Å²) in [4.78, 5) is 1.35. The first-order chi connectivity index (χ1) is 4.15. The Kier molecular flexibility index (Phi) is 2.71. The van der Waals surface area contributed by atoms with Crippen molar-refractivity contribution >= 4 is 16.1 Å². The molecule has 0 fully saturated rings. The first-order valence-corrected chi connectivity index (χ1v) is 10.8. The van der Waals surface area contributed by atoms with Gasteiger partial charge in [0.15, 0.2) is 0 Å². The Morgan fingerprint density at radius 1 is 0.800 bits per heavy atom.